The summed E-state index contributed by atoms with van der Waals surface area (Å²) in [4.78, 5) is 25.7. The molecule has 0 aliphatic rings. The topological polar surface area (TPSA) is 108 Å². The Balaban J connectivity index is 3.94. The van der Waals surface area contributed by atoms with Crippen molar-refractivity contribution in [2.24, 2.45) is 0 Å². The Kier molecular flexibility index (Phi) is 74.4. The van der Waals surface area contributed by atoms with Crippen molar-refractivity contribution >= 4 is 13.7 Å². The standard InChI is InChI=1S/C85H165N2O6P/c1-6-8-10-12-14-16-18-20-22-24-26-28-30-32-34-36-38-39-40-41-42-43-44-45-46-47-49-51-53-55-57-59-61-63-65-67-69-71-73-75-77-79-85(89)86-83(82-93-94(90,91)92-81-80-87(3,4)5)84(88)78-76-74-72-70-68-66-64-62-60-58-56-54-52-50-48-37-35-33-31-29-27-25-23-21-19-17-15-13-11-9-7-2/h24,26,60,62,68,70,76,78,83-84,88H,6-23,25,27-59,61,63-67,69,71-75,77,79-82H2,1-5H3,(H-,86,89,90,91)/b26-24-,62-60+,70-68+,78-76+. The van der Waals surface area contributed by atoms with Crippen LogP contribution in [-0.2, 0) is 18.4 Å². The van der Waals surface area contributed by atoms with Gasteiger partial charge in [-0.2, -0.15) is 0 Å². The summed E-state index contributed by atoms with van der Waals surface area (Å²) in [6.45, 7) is 4.69. The van der Waals surface area contributed by atoms with Crippen molar-refractivity contribution < 1.29 is 32.9 Å². The molecule has 8 nitrogen and oxygen atoms in total. The number of phosphoric ester groups is 1. The highest BCUT2D eigenvalue weighted by molar-refractivity contribution is 7.45. The van der Waals surface area contributed by atoms with Gasteiger partial charge in [0, 0.05) is 6.42 Å². The number of amides is 1. The average molecular weight is 1340 g/mol. The number of nitrogens with zero attached hydrogens (tertiary/aromatic N) is 1. The van der Waals surface area contributed by atoms with Gasteiger partial charge in [-0.25, -0.2) is 0 Å². The Morgan fingerprint density at radius 3 is 0.862 bits per heavy atom. The Bertz CT molecular complexity index is 1680. The molecule has 0 spiro atoms. The fraction of sp³-hybridized carbons (Fsp3) is 0.894. The number of phosphoric acid groups is 1. The first-order chi connectivity index (χ1) is 46.0. The number of aliphatic hydroxyl groups is 1. The maximum Gasteiger partial charge on any atom is 0.268 e. The zero-order valence-electron chi connectivity index (χ0n) is 63.9. The van der Waals surface area contributed by atoms with Crippen LogP contribution in [0.5, 0.6) is 0 Å². The molecule has 0 aliphatic carbocycles. The number of nitrogens with one attached hydrogen (secondary N) is 1. The highest BCUT2D eigenvalue weighted by atomic mass is 31.2. The Hall–Kier alpha value is -1.54. The lowest BCUT2D eigenvalue weighted by molar-refractivity contribution is -0.870. The van der Waals surface area contributed by atoms with Gasteiger partial charge in [0.15, 0.2) is 0 Å². The summed E-state index contributed by atoms with van der Waals surface area (Å²) < 4.78 is 23.5. The third kappa shape index (κ3) is 77.8. The molecule has 0 rings (SSSR count). The molecule has 3 atom stereocenters. The van der Waals surface area contributed by atoms with Crippen LogP contribution in [0.4, 0.5) is 0 Å². The van der Waals surface area contributed by atoms with Crippen LogP contribution in [0.2, 0.25) is 0 Å². The van der Waals surface area contributed by atoms with Gasteiger partial charge in [-0.1, -0.05) is 409 Å². The number of hydrogen-bond acceptors (Lipinski definition) is 6. The third-order valence-electron chi connectivity index (χ3n) is 19.5. The molecule has 0 radical (unpaired) electrons. The molecule has 0 aliphatic heterocycles. The number of carbonyl (C=O) groups excluding carboxylic acids is 1. The van der Waals surface area contributed by atoms with Gasteiger partial charge >= 0.3 is 0 Å². The van der Waals surface area contributed by atoms with Crippen molar-refractivity contribution in [1.29, 1.82) is 0 Å². The molecule has 2 N–H and O–H groups in total. The van der Waals surface area contributed by atoms with E-state index in [1.165, 1.54) is 372 Å². The second-order valence-corrected chi connectivity index (χ2v) is 31.6. The van der Waals surface area contributed by atoms with Gasteiger partial charge in [-0.15, -0.1) is 0 Å². The Morgan fingerprint density at radius 1 is 0.362 bits per heavy atom. The summed E-state index contributed by atoms with van der Waals surface area (Å²) >= 11 is 0. The Labute approximate surface area is 588 Å². The molecule has 0 bridgehead atoms. The molecule has 1 amide bonds. The predicted octanol–water partition coefficient (Wildman–Crippen LogP) is 27.1. The summed E-state index contributed by atoms with van der Waals surface area (Å²) in [6, 6.07) is -0.912. The minimum atomic E-state index is -4.62. The summed E-state index contributed by atoms with van der Waals surface area (Å²) in [5.41, 5.74) is 0. The third-order valence-corrected chi connectivity index (χ3v) is 20.5. The second kappa shape index (κ2) is 75.7. The average Bonchev–Trinajstić information content (AvgIpc) is 1.77. The number of unbranched alkanes of at least 4 members (excludes halogenated alkanes) is 60. The molecule has 3 unspecified atom stereocenters. The fourth-order valence-corrected chi connectivity index (χ4v) is 13.7. The molecule has 556 valence electrons. The molecular weight excluding hydrogens is 1180 g/mol. The van der Waals surface area contributed by atoms with Crippen molar-refractivity contribution in [3.05, 3.63) is 48.6 Å². The molecule has 0 aromatic heterocycles. The quantitative estimate of drug-likeness (QED) is 0.0272. The number of rotatable bonds is 79. The highest BCUT2D eigenvalue weighted by Crippen LogP contribution is 2.38. The second-order valence-electron chi connectivity index (χ2n) is 30.2. The van der Waals surface area contributed by atoms with E-state index in [0.29, 0.717) is 17.4 Å². The number of likely N-dealkylation sites (N-methyl/N-ethyl adjacent to an activating group) is 1. The summed E-state index contributed by atoms with van der Waals surface area (Å²) in [5, 5.41) is 14.0. The largest absolute Gasteiger partial charge is 0.756 e. The van der Waals surface area contributed by atoms with Crippen LogP contribution in [-0.4, -0.2) is 68.5 Å². The maximum atomic E-state index is 13.1. The highest BCUT2D eigenvalue weighted by Gasteiger charge is 2.23. The summed E-state index contributed by atoms with van der Waals surface area (Å²) in [5.74, 6) is -0.202. The molecule has 0 aromatic rings. The van der Waals surface area contributed by atoms with Crippen LogP contribution < -0.4 is 10.2 Å². The molecule has 0 heterocycles. The van der Waals surface area contributed by atoms with E-state index >= 15 is 0 Å². The van der Waals surface area contributed by atoms with E-state index in [1.54, 1.807) is 6.08 Å². The van der Waals surface area contributed by atoms with Crippen molar-refractivity contribution in [3.8, 4) is 0 Å². The monoisotopic (exact) mass is 1340 g/mol. The van der Waals surface area contributed by atoms with Gasteiger partial charge in [-0.3, -0.25) is 9.36 Å². The lowest BCUT2D eigenvalue weighted by Gasteiger charge is -2.29. The lowest BCUT2D eigenvalue weighted by Crippen LogP contribution is -2.45. The molecule has 0 aromatic carbocycles. The van der Waals surface area contributed by atoms with Gasteiger partial charge in [-0.05, 0) is 70.6 Å². The van der Waals surface area contributed by atoms with Crippen LogP contribution in [0.15, 0.2) is 48.6 Å². The molecule has 0 saturated heterocycles. The first-order valence-electron chi connectivity index (χ1n) is 42.0. The van der Waals surface area contributed by atoms with Crippen LogP contribution >= 0.6 is 7.82 Å². The van der Waals surface area contributed by atoms with Crippen molar-refractivity contribution in [2.45, 2.75) is 450 Å². The van der Waals surface area contributed by atoms with Crippen LogP contribution in [0.1, 0.15) is 438 Å². The van der Waals surface area contributed by atoms with Gasteiger partial charge in [0.1, 0.15) is 13.2 Å². The minimum absolute atomic E-state index is 0.00750. The van der Waals surface area contributed by atoms with Gasteiger partial charge in [0.25, 0.3) is 7.82 Å². The van der Waals surface area contributed by atoms with Gasteiger partial charge in [0.2, 0.25) is 5.91 Å². The van der Waals surface area contributed by atoms with Crippen LogP contribution in [0.3, 0.4) is 0 Å². The maximum absolute atomic E-state index is 13.1. The Morgan fingerprint density at radius 2 is 0.596 bits per heavy atom. The van der Waals surface area contributed by atoms with Crippen LogP contribution in [0.25, 0.3) is 0 Å². The first-order valence-corrected chi connectivity index (χ1v) is 43.5. The van der Waals surface area contributed by atoms with Crippen molar-refractivity contribution in [1.82, 2.24) is 5.32 Å². The van der Waals surface area contributed by atoms with Crippen LogP contribution in [0, 0.1) is 0 Å². The van der Waals surface area contributed by atoms with E-state index in [0.717, 1.165) is 44.9 Å². The van der Waals surface area contributed by atoms with Gasteiger partial charge in [0.05, 0.1) is 39.9 Å². The van der Waals surface area contributed by atoms with E-state index in [2.05, 4.69) is 55.6 Å². The van der Waals surface area contributed by atoms with E-state index in [4.69, 9.17) is 9.05 Å². The number of allylic oxidation sites excluding steroid dienone is 7. The predicted molar refractivity (Wildman–Crippen MR) is 413 cm³/mol. The van der Waals surface area contributed by atoms with E-state index in [9.17, 15) is 19.4 Å². The molecule has 9 heteroatoms. The zero-order valence-corrected chi connectivity index (χ0v) is 64.8. The molecule has 94 heavy (non-hydrogen) atoms. The van der Waals surface area contributed by atoms with E-state index < -0.39 is 26.6 Å². The SMILES string of the molecule is CCCCCCCCCC/C=C\CCCCCCCCCCCCCCCCCCCCCCCCCCCCCCCC(=O)NC(COP(=O)([O-])OCC[N+](C)(C)C)C(O)/C=C/CC/C=C/CC/C=C/CCCCCCCCCCCCCCCCCCCCCCC. The van der Waals surface area contributed by atoms with E-state index in [1.807, 2.05) is 27.2 Å². The lowest BCUT2D eigenvalue weighted by atomic mass is 10.0. The number of quaternary nitrogens is 1. The summed E-state index contributed by atoms with van der Waals surface area (Å²) in [7, 11) is 1.25. The number of hydrogen-bond donors (Lipinski definition) is 2. The number of aliphatic hydroxyl groups excluding tert-OH is 1. The first kappa shape index (κ1) is 92.5. The molecule has 0 fully saturated rings. The van der Waals surface area contributed by atoms with Crippen molar-refractivity contribution in [2.75, 3.05) is 40.9 Å². The smallest absolute Gasteiger partial charge is 0.268 e. The van der Waals surface area contributed by atoms with E-state index in [-0.39, 0.29) is 12.5 Å². The minimum Gasteiger partial charge on any atom is -0.756 e. The van der Waals surface area contributed by atoms with Gasteiger partial charge < -0.3 is 28.8 Å². The fourth-order valence-electron chi connectivity index (χ4n) is 13.0. The molecular formula is C85H165N2O6P. The molecule has 0 saturated carbocycles. The number of carbonyl (C=O) groups is 1. The zero-order chi connectivity index (χ0) is 68.3. The summed E-state index contributed by atoms with van der Waals surface area (Å²) in [6.07, 6.45) is 105. The van der Waals surface area contributed by atoms with Crippen molar-refractivity contribution in [3.63, 3.8) is 0 Å². The normalized spacial score (nSPS) is 13.6.